The van der Waals surface area contributed by atoms with E-state index in [9.17, 15) is 9.59 Å². The first-order valence-corrected chi connectivity index (χ1v) is 8.85. The molecule has 0 bridgehead atoms. The zero-order chi connectivity index (χ0) is 19.0. The van der Waals surface area contributed by atoms with Crippen molar-refractivity contribution < 1.29 is 14.3 Å². The topological polar surface area (TPSA) is 86.3 Å². The summed E-state index contributed by atoms with van der Waals surface area (Å²) in [5, 5.41) is 6.46. The van der Waals surface area contributed by atoms with Gasteiger partial charge >= 0.3 is 6.09 Å². The Balaban J connectivity index is 0.00000625. The highest BCUT2D eigenvalue weighted by Gasteiger charge is 2.28. The summed E-state index contributed by atoms with van der Waals surface area (Å²) >= 11 is 0. The fourth-order valence-corrected chi connectivity index (χ4v) is 2.39. The molecule has 8 nitrogen and oxygen atoms in total. The number of guanidine groups is 1. The molecular formula is C17H34IN5O3. The molecule has 9 heteroatoms. The number of rotatable bonds is 4. The number of halogens is 1. The van der Waals surface area contributed by atoms with E-state index in [0.29, 0.717) is 25.6 Å². The molecule has 1 saturated heterocycles. The minimum absolute atomic E-state index is 0. The van der Waals surface area contributed by atoms with Crippen LogP contribution in [0.25, 0.3) is 0 Å². The first-order valence-electron chi connectivity index (χ1n) is 8.85. The number of hydrogen-bond donors (Lipinski definition) is 2. The molecule has 0 aromatic carbocycles. The number of carbonyl (C=O) groups excluding carboxylic acids is 2. The van der Waals surface area contributed by atoms with Gasteiger partial charge in [0.15, 0.2) is 5.96 Å². The van der Waals surface area contributed by atoms with Crippen molar-refractivity contribution in [2.24, 2.45) is 4.99 Å². The van der Waals surface area contributed by atoms with Crippen molar-refractivity contribution in [3.8, 4) is 0 Å². The van der Waals surface area contributed by atoms with Crippen LogP contribution in [0.15, 0.2) is 4.99 Å². The quantitative estimate of drug-likeness (QED) is 0.361. The molecular weight excluding hydrogens is 449 g/mol. The Hall–Kier alpha value is -1.26. The summed E-state index contributed by atoms with van der Waals surface area (Å²) in [6.07, 6.45) is 1.54. The summed E-state index contributed by atoms with van der Waals surface area (Å²) < 4.78 is 5.45. The second-order valence-electron chi connectivity index (χ2n) is 7.39. The summed E-state index contributed by atoms with van der Waals surface area (Å²) in [7, 11) is 3.41. The first kappa shape index (κ1) is 24.7. The number of likely N-dealkylation sites (N-methyl/N-ethyl adjacent to an activating group) is 1. The van der Waals surface area contributed by atoms with E-state index in [-0.39, 0.29) is 48.6 Å². The van der Waals surface area contributed by atoms with Crippen LogP contribution in [0.4, 0.5) is 4.79 Å². The number of likely N-dealkylation sites (tertiary alicyclic amines) is 1. The number of hydrogen-bond acceptors (Lipinski definition) is 4. The molecule has 2 amide bonds. The highest BCUT2D eigenvalue weighted by molar-refractivity contribution is 14.0. The summed E-state index contributed by atoms with van der Waals surface area (Å²) in [4.78, 5) is 31.5. The van der Waals surface area contributed by atoms with Crippen molar-refractivity contribution in [2.45, 2.75) is 52.2 Å². The summed E-state index contributed by atoms with van der Waals surface area (Å²) in [6, 6.07) is 0.0773. The van der Waals surface area contributed by atoms with Gasteiger partial charge in [-0.25, -0.2) is 9.79 Å². The van der Waals surface area contributed by atoms with E-state index in [0.717, 1.165) is 12.8 Å². The van der Waals surface area contributed by atoms with Gasteiger partial charge in [-0.05, 0) is 40.5 Å². The van der Waals surface area contributed by atoms with Gasteiger partial charge in [0, 0.05) is 39.8 Å². The molecule has 152 valence electrons. The van der Waals surface area contributed by atoms with E-state index >= 15 is 0 Å². The molecule has 2 N–H and O–H groups in total. The Labute approximate surface area is 174 Å². The predicted molar refractivity (Wildman–Crippen MR) is 114 cm³/mol. The molecule has 0 aliphatic carbocycles. The van der Waals surface area contributed by atoms with E-state index in [1.54, 1.807) is 19.0 Å². The lowest BCUT2D eigenvalue weighted by Crippen LogP contribution is -2.53. The van der Waals surface area contributed by atoms with Crippen LogP contribution in [0.5, 0.6) is 0 Å². The van der Waals surface area contributed by atoms with Crippen molar-refractivity contribution in [1.82, 2.24) is 20.4 Å². The zero-order valence-electron chi connectivity index (χ0n) is 16.8. The normalized spacial score (nSPS) is 17.8. The van der Waals surface area contributed by atoms with Crippen molar-refractivity contribution >= 4 is 41.9 Å². The van der Waals surface area contributed by atoms with Gasteiger partial charge in [0.05, 0.1) is 0 Å². The first-order chi connectivity index (χ1) is 11.6. The molecule has 1 rings (SSSR count). The average Bonchev–Trinajstić information content (AvgIpc) is 2.51. The third kappa shape index (κ3) is 9.44. The predicted octanol–water partition coefficient (Wildman–Crippen LogP) is 1.65. The molecule has 0 saturated carbocycles. The highest BCUT2D eigenvalue weighted by atomic mass is 127. The summed E-state index contributed by atoms with van der Waals surface area (Å²) in [6.45, 7) is 9.60. The average molecular weight is 483 g/mol. The van der Waals surface area contributed by atoms with Crippen LogP contribution in [0, 0.1) is 0 Å². The van der Waals surface area contributed by atoms with Gasteiger partial charge in [-0.1, -0.05) is 0 Å². The van der Waals surface area contributed by atoms with E-state index < -0.39 is 5.60 Å². The Morgan fingerprint density at radius 1 is 1.31 bits per heavy atom. The van der Waals surface area contributed by atoms with Gasteiger partial charge in [0.1, 0.15) is 12.1 Å². The molecule has 0 aromatic heterocycles. The van der Waals surface area contributed by atoms with Crippen LogP contribution >= 0.6 is 24.0 Å². The van der Waals surface area contributed by atoms with Crippen molar-refractivity contribution in [3.05, 3.63) is 0 Å². The van der Waals surface area contributed by atoms with Crippen LogP contribution in [0.3, 0.4) is 0 Å². The third-order valence-electron chi connectivity index (χ3n) is 3.63. The number of aliphatic imine (C=N–C) groups is 1. The third-order valence-corrected chi connectivity index (χ3v) is 3.63. The van der Waals surface area contributed by atoms with E-state index in [2.05, 4.69) is 15.6 Å². The summed E-state index contributed by atoms with van der Waals surface area (Å²) in [5.41, 5.74) is -0.500. The number of nitrogens with one attached hydrogen (secondary N) is 2. The van der Waals surface area contributed by atoms with Crippen molar-refractivity contribution in [3.63, 3.8) is 0 Å². The fourth-order valence-electron chi connectivity index (χ4n) is 2.39. The minimum Gasteiger partial charge on any atom is -0.444 e. The zero-order valence-corrected chi connectivity index (χ0v) is 19.1. The number of amides is 2. The smallest absolute Gasteiger partial charge is 0.410 e. The van der Waals surface area contributed by atoms with Gasteiger partial charge < -0.3 is 25.2 Å². The Morgan fingerprint density at radius 3 is 2.50 bits per heavy atom. The Bertz CT molecular complexity index is 491. The minimum atomic E-state index is -0.500. The second-order valence-corrected chi connectivity index (χ2v) is 7.39. The van der Waals surface area contributed by atoms with Crippen LogP contribution in [-0.2, 0) is 9.53 Å². The lowest BCUT2D eigenvalue weighted by Gasteiger charge is -2.35. The molecule has 1 heterocycles. The maximum atomic E-state index is 12.2. The maximum Gasteiger partial charge on any atom is 0.410 e. The number of piperidine rings is 1. The largest absolute Gasteiger partial charge is 0.444 e. The lowest BCUT2D eigenvalue weighted by molar-refractivity contribution is -0.127. The van der Waals surface area contributed by atoms with E-state index in [1.807, 2.05) is 27.7 Å². The molecule has 1 aliphatic heterocycles. The lowest BCUT2D eigenvalue weighted by atomic mass is 10.1. The summed E-state index contributed by atoms with van der Waals surface area (Å²) in [5.74, 6) is 0.532. The Kier molecular flexibility index (Phi) is 10.9. The molecule has 0 radical (unpaired) electrons. The molecule has 1 fully saturated rings. The SMILES string of the molecule is CCNC(=NCC(=O)N(C)C)NC1CCCN(C(=O)OC(C)(C)C)C1.I. The molecule has 1 aliphatic rings. The van der Waals surface area contributed by atoms with Gasteiger partial charge in [0.2, 0.25) is 5.91 Å². The monoisotopic (exact) mass is 483 g/mol. The van der Waals surface area contributed by atoms with Crippen LogP contribution in [-0.4, -0.2) is 79.7 Å². The molecule has 0 spiro atoms. The standard InChI is InChI=1S/C17H33N5O3.HI/c1-7-18-15(19-11-14(23)21(5)6)20-13-9-8-10-22(12-13)16(24)25-17(2,3)4;/h13H,7-12H2,1-6H3,(H2,18,19,20);1H. The van der Waals surface area contributed by atoms with Gasteiger partial charge in [-0.15, -0.1) is 24.0 Å². The van der Waals surface area contributed by atoms with Gasteiger partial charge in [-0.2, -0.15) is 0 Å². The van der Waals surface area contributed by atoms with Crippen LogP contribution in [0.1, 0.15) is 40.5 Å². The van der Waals surface area contributed by atoms with Crippen LogP contribution in [0.2, 0.25) is 0 Å². The highest BCUT2D eigenvalue weighted by Crippen LogP contribution is 2.15. The van der Waals surface area contributed by atoms with E-state index in [4.69, 9.17) is 4.74 Å². The van der Waals surface area contributed by atoms with Gasteiger partial charge in [-0.3, -0.25) is 4.79 Å². The van der Waals surface area contributed by atoms with Crippen LogP contribution < -0.4 is 10.6 Å². The van der Waals surface area contributed by atoms with E-state index in [1.165, 1.54) is 4.90 Å². The van der Waals surface area contributed by atoms with Crippen molar-refractivity contribution in [1.29, 1.82) is 0 Å². The number of nitrogens with zero attached hydrogens (tertiary/aromatic N) is 3. The van der Waals surface area contributed by atoms with Gasteiger partial charge in [0.25, 0.3) is 0 Å². The molecule has 0 aromatic rings. The maximum absolute atomic E-state index is 12.2. The molecule has 1 unspecified atom stereocenters. The fraction of sp³-hybridized carbons (Fsp3) is 0.824. The Morgan fingerprint density at radius 2 is 1.96 bits per heavy atom. The number of carbonyl (C=O) groups is 2. The molecule has 1 atom stereocenters. The number of ether oxygens (including phenoxy) is 1. The molecule has 26 heavy (non-hydrogen) atoms. The second kappa shape index (κ2) is 11.5. The van der Waals surface area contributed by atoms with Crippen molar-refractivity contribution in [2.75, 3.05) is 40.3 Å².